The minimum Gasteiger partial charge on any atom is -0.477 e. The lowest BCUT2D eigenvalue weighted by molar-refractivity contribution is 0.288. The SMILES string of the molecule is CN=C(NCCCn1nc(C)cc1C)NCc1ccc(OCC2CC2)nc1. The summed E-state index contributed by atoms with van der Waals surface area (Å²) in [6, 6.07) is 6.08. The largest absolute Gasteiger partial charge is 0.477 e. The first-order valence-electron chi connectivity index (χ1n) is 9.67. The smallest absolute Gasteiger partial charge is 0.213 e. The van der Waals surface area contributed by atoms with Crippen LogP contribution in [-0.4, -0.2) is 40.9 Å². The third-order valence-electron chi connectivity index (χ3n) is 4.59. The molecule has 0 unspecified atom stereocenters. The van der Waals surface area contributed by atoms with Crippen molar-refractivity contribution in [3.8, 4) is 5.88 Å². The first kappa shape index (κ1) is 19.2. The van der Waals surface area contributed by atoms with Gasteiger partial charge in [0.05, 0.1) is 12.3 Å². The molecule has 0 aromatic carbocycles. The molecule has 1 aliphatic carbocycles. The van der Waals surface area contributed by atoms with Crippen molar-refractivity contribution in [2.75, 3.05) is 20.2 Å². The van der Waals surface area contributed by atoms with Crippen molar-refractivity contribution in [1.82, 2.24) is 25.4 Å². The summed E-state index contributed by atoms with van der Waals surface area (Å²) in [5, 5.41) is 11.1. The van der Waals surface area contributed by atoms with E-state index < -0.39 is 0 Å². The Morgan fingerprint density at radius 1 is 1.30 bits per heavy atom. The number of aromatic nitrogens is 3. The summed E-state index contributed by atoms with van der Waals surface area (Å²) in [5.74, 6) is 2.23. The number of aliphatic imine (C=N–C) groups is 1. The van der Waals surface area contributed by atoms with Crippen LogP contribution in [0.4, 0.5) is 0 Å². The number of rotatable bonds is 9. The highest BCUT2D eigenvalue weighted by molar-refractivity contribution is 5.79. The van der Waals surface area contributed by atoms with Crippen molar-refractivity contribution < 1.29 is 4.74 Å². The van der Waals surface area contributed by atoms with Crippen LogP contribution in [-0.2, 0) is 13.1 Å². The molecule has 0 saturated heterocycles. The Labute approximate surface area is 161 Å². The molecule has 27 heavy (non-hydrogen) atoms. The molecule has 7 heteroatoms. The van der Waals surface area contributed by atoms with Gasteiger partial charge in [0.15, 0.2) is 5.96 Å². The van der Waals surface area contributed by atoms with E-state index in [0.717, 1.165) is 49.3 Å². The fraction of sp³-hybridized carbons (Fsp3) is 0.550. The predicted octanol–water partition coefficient (Wildman–Crippen LogP) is 2.44. The third kappa shape index (κ3) is 6.27. The fourth-order valence-electron chi connectivity index (χ4n) is 2.83. The van der Waals surface area contributed by atoms with Crippen LogP contribution in [0.5, 0.6) is 5.88 Å². The molecule has 146 valence electrons. The second-order valence-electron chi connectivity index (χ2n) is 7.12. The van der Waals surface area contributed by atoms with Gasteiger partial charge in [0.1, 0.15) is 0 Å². The second-order valence-corrected chi connectivity index (χ2v) is 7.12. The molecular formula is C20H30N6O. The Bertz CT molecular complexity index is 748. The Kier molecular flexibility index (Phi) is 6.68. The number of nitrogens with zero attached hydrogens (tertiary/aromatic N) is 4. The van der Waals surface area contributed by atoms with E-state index in [0.29, 0.717) is 12.4 Å². The highest BCUT2D eigenvalue weighted by Gasteiger charge is 2.22. The van der Waals surface area contributed by atoms with Crippen LogP contribution in [0.2, 0.25) is 0 Å². The van der Waals surface area contributed by atoms with Crippen molar-refractivity contribution in [3.05, 3.63) is 41.3 Å². The number of hydrogen-bond acceptors (Lipinski definition) is 4. The molecule has 1 saturated carbocycles. The number of hydrogen-bond donors (Lipinski definition) is 2. The Balaban J connectivity index is 1.35. The van der Waals surface area contributed by atoms with Crippen LogP contribution in [0.1, 0.15) is 36.2 Å². The third-order valence-corrected chi connectivity index (χ3v) is 4.59. The first-order chi connectivity index (χ1) is 13.1. The van der Waals surface area contributed by atoms with Gasteiger partial charge >= 0.3 is 0 Å². The van der Waals surface area contributed by atoms with Gasteiger partial charge in [-0.05, 0) is 50.7 Å². The maximum absolute atomic E-state index is 5.67. The van der Waals surface area contributed by atoms with Crippen LogP contribution in [0.3, 0.4) is 0 Å². The van der Waals surface area contributed by atoms with Crippen LogP contribution < -0.4 is 15.4 Å². The number of pyridine rings is 1. The van der Waals surface area contributed by atoms with E-state index in [9.17, 15) is 0 Å². The van der Waals surface area contributed by atoms with Crippen molar-refractivity contribution in [2.24, 2.45) is 10.9 Å². The second kappa shape index (κ2) is 9.39. The van der Waals surface area contributed by atoms with Crippen molar-refractivity contribution in [3.63, 3.8) is 0 Å². The molecule has 0 aliphatic heterocycles. The molecule has 0 radical (unpaired) electrons. The minimum atomic E-state index is 0.674. The topological polar surface area (TPSA) is 76.4 Å². The van der Waals surface area contributed by atoms with Crippen molar-refractivity contribution in [2.45, 2.75) is 46.2 Å². The predicted molar refractivity (Wildman–Crippen MR) is 107 cm³/mol. The summed E-state index contributed by atoms with van der Waals surface area (Å²) in [6.45, 7) is 7.31. The summed E-state index contributed by atoms with van der Waals surface area (Å²) in [7, 11) is 1.78. The lowest BCUT2D eigenvalue weighted by Crippen LogP contribution is -2.37. The molecule has 0 spiro atoms. The zero-order valence-corrected chi connectivity index (χ0v) is 16.5. The quantitative estimate of drug-likeness (QED) is 0.403. The Morgan fingerprint density at radius 3 is 2.78 bits per heavy atom. The number of nitrogens with one attached hydrogen (secondary N) is 2. The van der Waals surface area contributed by atoms with Crippen molar-refractivity contribution >= 4 is 5.96 Å². The molecule has 0 bridgehead atoms. The van der Waals surface area contributed by atoms with E-state index in [1.807, 2.05) is 29.9 Å². The molecular weight excluding hydrogens is 340 g/mol. The van der Waals surface area contributed by atoms with Gasteiger partial charge in [-0.2, -0.15) is 5.10 Å². The molecule has 0 atom stereocenters. The van der Waals surface area contributed by atoms with E-state index in [1.165, 1.54) is 18.5 Å². The zero-order valence-electron chi connectivity index (χ0n) is 16.5. The number of guanidine groups is 1. The fourth-order valence-corrected chi connectivity index (χ4v) is 2.83. The average Bonchev–Trinajstić information content (AvgIpc) is 3.44. The van der Waals surface area contributed by atoms with E-state index in [4.69, 9.17) is 4.74 Å². The Morgan fingerprint density at radius 2 is 2.15 bits per heavy atom. The van der Waals surface area contributed by atoms with Crippen molar-refractivity contribution in [1.29, 1.82) is 0 Å². The number of aryl methyl sites for hydroxylation is 3. The zero-order chi connectivity index (χ0) is 19.1. The van der Waals surface area contributed by atoms with Gasteiger partial charge in [0.25, 0.3) is 0 Å². The normalized spacial score (nSPS) is 14.3. The first-order valence-corrected chi connectivity index (χ1v) is 9.67. The minimum absolute atomic E-state index is 0.674. The molecule has 0 amide bonds. The summed E-state index contributed by atoms with van der Waals surface area (Å²) < 4.78 is 7.72. The summed E-state index contributed by atoms with van der Waals surface area (Å²) in [5.41, 5.74) is 3.36. The van der Waals surface area contributed by atoms with Gasteiger partial charge < -0.3 is 15.4 Å². The lowest BCUT2D eigenvalue weighted by Gasteiger charge is -2.12. The van der Waals surface area contributed by atoms with Crippen LogP contribution in [0.15, 0.2) is 29.4 Å². The molecule has 2 aromatic rings. The molecule has 3 rings (SSSR count). The number of ether oxygens (including phenoxy) is 1. The van der Waals surface area contributed by atoms with E-state index in [1.54, 1.807) is 7.05 Å². The molecule has 1 fully saturated rings. The maximum Gasteiger partial charge on any atom is 0.213 e. The van der Waals surface area contributed by atoms with Gasteiger partial charge in [-0.15, -0.1) is 0 Å². The van der Waals surface area contributed by atoms with Crippen LogP contribution >= 0.6 is 0 Å². The van der Waals surface area contributed by atoms with E-state index in [2.05, 4.69) is 38.7 Å². The maximum atomic E-state index is 5.67. The molecule has 1 aliphatic rings. The van der Waals surface area contributed by atoms with E-state index >= 15 is 0 Å². The highest BCUT2D eigenvalue weighted by atomic mass is 16.5. The average molecular weight is 371 g/mol. The summed E-state index contributed by atoms with van der Waals surface area (Å²) in [4.78, 5) is 8.64. The molecule has 2 aromatic heterocycles. The van der Waals surface area contributed by atoms with Gasteiger partial charge in [-0.25, -0.2) is 4.98 Å². The summed E-state index contributed by atoms with van der Waals surface area (Å²) >= 11 is 0. The molecule has 7 nitrogen and oxygen atoms in total. The van der Waals surface area contributed by atoms with Crippen LogP contribution in [0, 0.1) is 19.8 Å². The summed E-state index contributed by atoms with van der Waals surface area (Å²) in [6.07, 6.45) is 5.41. The van der Waals surface area contributed by atoms with Gasteiger partial charge in [-0.3, -0.25) is 9.67 Å². The van der Waals surface area contributed by atoms with Crippen LogP contribution in [0.25, 0.3) is 0 Å². The lowest BCUT2D eigenvalue weighted by atomic mass is 10.3. The highest BCUT2D eigenvalue weighted by Crippen LogP contribution is 2.29. The molecule has 2 heterocycles. The monoisotopic (exact) mass is 370 g/mol. The standard InChI is InChI=1S/C20H30N6O/c1-15-11-16(2)26(25-15)10-4-9-22-20(21-3)24-13-18-7-8-19(23-12-18)27-14-17-5-6-17/h7-8,11-12,17H,4-6,9-10,13-14H2,1-3H3,(H2,21,22,24). The molecule has 2 N–H and O–H groups in total. The van der Waals surface area contributed by atoms with Gasteiger partial charge in [-0.1, -0.05) is 6.07 Å². The Hall–Kier alpha value is -2.57. The van der Waals surface area contributed by atoms with Gasteiger partial charge in [0, 0.05) is 44.6 Å². The van der Waals surface area contributed by atoms with Gasteiger partial charge in [0.2, 0.25) is 5.88 Å². The van der Waals surface area contributed by atoms with E-state index in [-0.39, 0.29) is 0 Å².